The zero-order valence-corrected chi connectivity index (χ0v) is 13.6. The molecular formula is C15H22BrFN2O. The third-order valence-electron chi connectivity index (χ3n) is 3.75. The number of nitrogens with one attached hydrogen (secondary N) is 1. The van der Waals surface area contributed by atoms with Gasteiger partial charge in [0.2, 0.25) is 0 Å². The molecule has 0 saturated carbocycles. The van der Waals surface area contributed by atoms with Crippen molar-refractivity contribution in [2.24, 2.45) is 5.92 Å². The lowest BCUT2D eigenvalue weighted by molar-refractivity contribution is 0.151. The normalized spacial score (nSPS) is 18.4. The molecule has 20 heavy (non-hydrogen) atoms. The predicted octanol–water partition coefficient (Wildman–Crippen LogP) is 3.29. The Hall–Kier alpha value is -0.650. The van der Waals surface area contributed by atoms with Crippen LogP contribution in [-0.2, 0) is 0 Å². The summed E-state index contributed by atoms with van der Waals surface area (Å²) in [5.41, 5.74) is 0.814. The topological polar surface area (TPSA) is 35.5 Å². The second-order valence-electron chi connectivity index (χ2n) is 5.73. The van der Waals surface area contributed by atoms with E-state index in [-0.39, 0.29) is 16.3 Å². The van der Waals surface area contributed by atoms with Crippen molar-refractivity contribution in [3.63, 3.8) is 0 Å². The van der Waals surface area contributed by atoms with Gasteiger partial charge in [-0.1, -0.05) is 19.9 Å². The highest BCUT2D eigenvalue weighted by Crippen LogP contribution is 2.38. The zero-order valence-electron chi connectivity index (χ0n) is 12.0. The third kappa shape index (κ3) is 3.51. The van der Waals surface area contributed by atoms with Gasteiger partial charge in [0.1, 0.15) is 11.6 Å². The van der Waals surface area contributed by atoms with Gasteiger partial charge in [-0.25, -0.2) is 4.39 Å². The van der Waals surface area contributed by atoms with Gasteiger partial charge in [0.15, 0.2) is 0 Å². The summed E-state index contributed by atoms with van der Waals surface area (Å²) in [4.78, 5) is 2.37. The van der Waals surface area contributed by atoms with Gasteiger partial charge in [0.05, 0.1) is 4.47 Å². The number of halogens is 2. The monoisotopic (exact) mass is 344 g/mol. The third-order valence-corrected chi connectivity index (χ3v) is 4.50. The average Bonchev–Trinajstić information content (AvgIpc) is 2.44. The first-order valence-corrected chi connectivity index (χ1v) is 7.91. The Morgan fingerprint density at radius 3 is 2.60 bits per heavy atom. The Balaban J connectivity index is 2.32. The van der Waals surface area contributed by atoms with Crippen molar-refractivity contribution in [3.05, 3.63) is 28.0 Å². The fourth-order valence-electron chi connectivity index (χ4n) is 2.74. The smallest absolute Gasteiger partial charge is 0.141 e. The Labute approximate surface area is 128 Å². The lowest BCUT2D eigenvalue weighted by Gasteiger charge is -2.36. The number of benzene rings is 1. The van der Waals surface area contributed by atoms with E-state index in [9.17, 15) is 9.50 Å². The number of hydrogen-bond donors (Lipinski definition) is 2. The number of phenolic OH excluding ortho intramolecular Hbond substituents is 1. The molecular weight excluding hydrogens is 323 g/mol. The molecule has 0 radical (unpaired) electrons. The first-order valence-electron chi connectivity index (χ1n) is 7.12. The number of phenols is 1. The predicted molar refractivity (Wildman–Crippen MR) is 82.4 cm³/mol. The van der Waals surface area contributed by atoms with E-state index < -0.39 is 5.82 Å². The van der Waals surface area contributed by atoms with Crippen molar-refractivity contribution in [1.29, 1.82) is 0 Å². The molecule has 1 saturated heterocycles. The minimum Gasteiger partial charge on any atom is -0.506 e. The molecule has 0 aliphatic carbocycles. The molecule has 0 amide bonds. The Kier molecular flexibility index (Phi) is 5.41. The van der Waals surface area contributed by atoms with Crippen LogP contribution in [0.1, 0.15) is 31.9 Å². The number of aromatic hydroxyl groups is 1. The van der Waals surface area contributed by atoms with Gasteiger partial charge in [-0.3, -0.25) is 4.90 Å². The average molecular weight is 345 g/mol. The minimum atomic E-state index is -0.421. The highest BCUT2D eigenvalue weighted by Gasteiger charge is 2.26. The molecule has 5 heteroatoms. The van der Waals surface area contributed by atoms with Gasteiger partial charge in [-0.2, -0.15) is 0 Å². The summed E-state index contributed by atoms with van der Waals surface area (Å²) >= 11 is 3.13. The fraction of sp³-hybridized carbons (Fsp3) is 0.600. The summed E-state index contributed by atoms with van der Waals surface area (Å²) in [7, 11) is 0. The Morgan fingerprint density at radius 2 is 2.00 bits per heavy atom. The van der Waals surface area contributed by atoms with Crippen LogP contribution in [0.25, 0.3) is 0 Å². The van der Waals surface area contributed by atoms with Crippen LogP contribution in [0.15, 0.2) is 16.6 Å². The van der Waals surface area contributed by atoms with E-state index in [0.29, 0.717) is 5.92 Å². The maximum atomic E-state index is 13.5. The highest BCUT2D eigenvalue weighted by atomic mass is 79.9. The summed E-state index contributed by atoms with van der Waals surface area (Å²) < 4.78 is 13.7. The van der Waals surface area contributed by atoms with E-state index in [1.165, 1.54) is 6.07 Å². The van der Waals surface area contributed by atoms with Gasteiger partial charge in [0, 0.05) is 37.8 Å². The van der Waals surface area contributed by atoms with Crippen LogP contribution in [0.4, 0.5) is 4.39 Å². The van der Waals surface area contributed by atoms with Crippen molar-refractivity contribution in [1.82, 2.24) is 10.2 Å². The molecule has 3 nitrogen and oxygen atoms in total. The van der Waals surface area contributed by atoms with E-state index in [1.807, 2.05) is 0 Å². The van der Waals surface area contributed by atoms with Crippen molar-refractivity contribution >= 4 is 15.9 Å². The maximum absolute atomic E-state index is 13.5. The molecule has 0 bridgehead atoms. The number of nitrogens with zero attached hydrogens (tertiary/aromatic N) is 1. The Morgan fingerprint density at radius 1 is 1.35 bits per heavy atom. The lowest BCUT2D eigenvalue weighted by atomic mass is 9.94. The molecule has 1 aromatic rings. The van der Waals surface area contributed by atoms with E-state index in [2.05, 4.69) is 40.0 Å². The first kappa shape index (κ1) is 15.7. The molecule has 1 aliphatic heterocycles. The van der Waals surface area contributed by atoms with Crippen molar-refractivity contribution in [2.45, 2.75) is 26.3 Å². The van der Waals surface area contributed by atoms with Gasteiger partial charge in [-0.15, -0.1) is 0 Å². The largest absolute Gasteiger partial charge is 0.506 e. The van der Waals surface area contributed by atoms with Crippen LogP contribution in [0.3, 0.4) is 0 Å². The molecule has 1 fully saturated rings. The van der Waals surface area contributed by atoms with E-state index in [1.54, 1.807) is 6.07 Å². The highest BCUT2D eigenvalue weighted by molar-refractivity contribution is 9.10. The summed E-state index contributed by atoms with van der Waals surface area (Å²) in [6.07, 6.45) is 0.950. The molecule has 1 aromatic carbocycles. The van der Waals surface area contributed by atoms with Crippen LogP contribution in [0.2, 0.25) is 0 Å². The van der Waals surface area contributed by atoms with Gasteiger partial charge in [0.25, 0.3) is 0 Å². The summed E-state index contributed by atoms with van der Waals surface area (Å²) in [5.74, 6) is 0.127. The van der Waals surface area contributed by atoms with E-state index in [0.717, 1.165) is 38.2 Å². The lowest BCUT2D eigenvalue weighted by Crippen LogP contribution is -2.45. The Bertz CT molecular complexity index is 461. The molecule has 0 unspecified atom stereocenters. The van der Waals surface area contributed by atoms with Crippen LogP contribution < -0.4 is 5.32 Å². The molecule has 112 valence electrons. The number of piperazine rings is 1. The quantitative estimate of drug-likeness (QED) is 0.879. The molecule has 0 aromatic heterocycles. The molecule has 0 spiro atoms. The van der Waals surface area contributed by atoms with Gasteiger partial charge >= 0.3 is 0 Å². The number of hydrogen-bond acceptors (Lipinski definition) is 3. The van der Waals surface area contributed by atoms with Gasteiger partial charge < -0.3 is 10.4 Å². The van der Waals surface area contributed by atoms with Crippen molar-refractivity contribution in [3.8, 4) is 5.75 Å². The molecule has 2 rings (SSSR count). The van der Waals surface area contributed by atoms with Crippen LogP contribution in [0, 0.1) is 11.7 Å². The zero-order chi connectivity index (χ0) is 14.7. The SMILES string of the molecule is CC(C)C[C@@H](c1ccc(F)c(Br)c1O)N1CCNCC1. The van der Waals surface area contributed by atoms with Crippen LogP contribution in [-0.4, -0.2) is 36.2 Å². The molecule has 1 atom stereocenters. The molecule has 1 aliphatic rings. The second kappa shape index (κ2) is 6.87. The van der Waals surface area contributed by atoms with Crippen LogP contribution >= 0.6 is 15.9 Å². The maximum Gasteiger partial charge on any atom is 0.141 e. The van der Waals surface area contributed by atoms with Crippen LogP contribution in [0.5, 0.6) is 5.75 Å². The van der Waals surface area contributed by atoms with Crippen molar-refractivity contribution in [2.75, 3.05) is 26.2 Å². The second-order valence-corrected chi connectivity index (χ2v) is 6.52. The van der Waals surface area contributed by atoms with E-state index >= 15 is 0 Å². The molecule has 1 heterocycles. The first-order chi connectivity index (χ1) is 9.50. The minimum absolute atomic E-state index is 0.0363. The van der Waals surface area contributed by atoms with Crippen molar-refractivity contribution < 1.29 is 9.50 Å². The fourth-order valence-corrected chi connectivity index (χ4v) is 3.10. The summed E-state index contributed by atoms with van der Waals surface area (Å²) in [5, 5.41) is 13.6. The molecule has 2 N–H and O–H groups in total. The van der Waals surface area contributed by atoms with E-state index in [4.69, 9.17) is 0 Å². The summed E-state index contributed by atoms with van der Waals surface area (Å²) in [6.45, 7) is 8.16. The van der Waals surface area contributed by atoms with Gasteiger partial charge in [-0.05, 0) is 34.3 Å². The standard InChI is InChI=1S/C15H22BrFN2O/c1-10(2)9-13(19-7-5-18-6-8-19)11-3-4-12(17)14(16)15(11)20/h3-4,10,13,18,20H,5-9H2,1-2H3/t13-/m0/s1. The summed E-state index contributed by atoms with van der Waals surface area (Å²) in [6, 6.07) is 3.27. The number of rotatable bonds is 4.